The van der Waals surface area contributed by atoms with Crippen molar-refractivity contribution in [1.29, 1.82) is 0 Å². The summed E-state index contributed by atoms with van der Waals surface area (Å²) in [4.78, 5) is 11.1. The lowest BCUT2D eigenvalue weighted by Crippen LogP contribution is -2.33. The number of hydrogen-bond donors (Lipinski definition) is 1. The van der Waals surface area contributed by atoms with E-state index in [1.54, 1.807) is 0 Å². The van der Waals surface area contributed by atoms with E-state index in [0.29, 0.717) is 6.04 Å². The molecule has 0 amide bonds. The van der Waals surface area contributed by atoms with E-state index < -0.39 is 0 Å². The van der Waals surface area contributed by atoms with Gasteiger partial charge in [-0.25, -0.2) is 0 Å². The zero-order valence-corrected chi connectivity index (χ0v) is 8.51. The van der Waals surface area contributed by atoms with Crippen molar-refractivity contribution in [2.75, 3.05) is 13.7 Å². The molecule has 1 fully saturated rings. The van der Waals surface area contributed by atoms with Gasteiger partial charge in [0.2, 0.25) is 0 Å². The highest BCUT2D eigenvalue weighted by Crippen LogP contribution is 2.17. The predicted molar refractivity (Wildman–Crippen MR) is 51.4 cm³/mol. The highest BCUT2D eigenvalue weighted by molar-refractivity contribution is 5.72. The summed E-state index contributed by atoms with van der Waals surface area (Å²) >= 11 is 0. The molecule has 0 spiro atoms. The molecule has 1 N–H and O–H groups in total. The number of carbonyl (C=O) groups excluding carboxylic acids is 1. The molecule has 76 valence electrons. The third-order valence-electron chi connectivity index (χ3n) is 2.67. The van der Waals surface area contributed by atoms with Gasteiger partial charge in [0.1, 0.15) is 0 Å². The van der Waals surface area contributed by atoms with E-state index in [2.05, 4.69) is 10.1 Å². The molecule has 0 saturated heterocycles. The minimum Gasteiger partial charge on any atom is -0.469 e. The van der Waals surface area contributed by atoms with Crippen LogP contribution in [0.1, 0.15) is 32.6 Å². The third kappa shape index (κ3) is 3.35. The Morgan fingerprint density at radius 2 is 2.15 bits per heavy atom. The molecular weight excluding hydrogens is 166 g/mol. The first-order valence-corrected chi connectivity index (χ1v) is 5.05. The number of nitrogens with one attached hydrogen (secondary N) is 1. The molecule has 0 aromatic carbocycles. The molecule has 0 unspecified atom stereocenters. The highest BCUT2D eigenvalue weighted by Gasteiger charge is 2.18. The molecule has 3 nitrogen and oxygen atoms in total. The maximum absolute atomic E-state index is 11.1. The molecular formula is C10H19NO2. The fourth-order valence-corrected chi connectivity index (χ4v) is 1.76. The SMILES string of the molecule is COC(=O)[C@H](C)CNC1CCCC1. The molecule has 0 aliphatic heterocycles. The summed E-state index contributed by atoms with van der Waals surface area (Å²) in [6.45, 7) is 2.64. The Morgan fingerprint density at radius 1 is 1.54 bits per heavy atom. The van der Waals surface area contributed by atoms with Gasteiger partial charge in [-0.1, -0.05) is 19.8 Å². The summed E-state index contributed by atoms with van der Waals surface area (Å²) in [6, 6.07) is 0.632. The molecule has 13 heavy (non-hydrogen) atoms. The molecule has 0 heterocycles. The summed E-state index contributed by atoms with van der Waals surface area (Å²) in [5.74, 6) is -0.143. The summed E-state index contributed by atoms with van der Waals surface area (Å²) in [5, 5.41) is 3.40. The Balaban J connectivity index is 2.13. The molecule has 1 aliphatic rings. The van der Waals surface area contributed by atoms with Crippen LogP contribution in [0.2, 0.25) is 0 Å². The number of rotatable bonds is 4. The van der Waals surface area contributed by atoms with Crippen LogP contribution in [0.15, 0.2) is 0 Å². The molecule has 0 aromatic heterocycles. The number of ether oxygens (including phenoxy) is 1. The molecule has 0 aromatic rings. The Hall–Kier alpha value is -0.570. The van der Waals surface area contributed by atoms with Gasteiger partial charge in [0.25, 0.3) is 0 Å². The average Bonchev–Trinajstić information content (AvgIpc) is 2.65. The van der Waals surface area contributed by atoms with E-state index in [-0.39, 0.29) is 11.9 Å². The van der Waals surface area contributed by atoms with Gasteiger partial charge >= 0.3 is 5.97 Å². The van der Waals surface area contributed by atoms with Gasteiger partial charge in [-0.3, -0.25) is 4.79 Å². The zero-order chi connectivity index (χ0) is 9.68. The first kappa shape index (κ1) is 10.5. The molecule has 0 radical (unpaired) electrons. The first-order chi connectivity index (χ1) is 6.24. The summed E-state index contributed by atoms with van der Waals surface area (Å²) in [6.07, 6.45) is 5.16. The predicted octanol–water partition coefficient (Wildman–Crippen LogP) is 1.33. The van der Waals surface area contributed by atoms with Crippen LogP contribution in [0.3, 0.4) is 0 Å². The molecule has 1 aliphatic carbocycles. The lowest BCUT2D eigenvalue weighted by Gasteiger charge is -2.14. The zero-order valence-electron chi connectivity index (χ0n) is 8.51. The quantitative estimate of drug-likeness (QED) is 0.671. The maximum Gasteiger partial charge on any atom is 0.309 e. The van der Waals surface area contributed by atoms with Crippen molar-refractivity contribution < 1.29 is 9.53 Å². The first-order valence-electron chi connectivity index (χ1n) is 5.05. The van der Waals surface area contributed by atoms with Crippen molar-refractivity contribution in [1.82, 2.24) is 5.32 Å². The lowest BCUT2D eigenvalue weighted by molar-refractivity contribution is -0.144. The average molecular weight is 185 g/mol. The minimum absolute atomic E-state index is 0.0226. The Morgan fingerprint density at radius 3 is 2.69 bits per heavy atom. The summed E-state index contributed by atoms with van der Waals surface area (Å²) < 4.78 is 4.65. The van der Waals surface area contributed by atoms with Crippen LogP contribution in [-0.2, 0) is 9.53 Å². The normalized spacial score (nSPS) is 20.2. The lowest BCUT2D eigenvalue weighted by atomic mass is 10.1. The fourth-order valence-electron chi connectivity index (χ4n) is 1.76. The van der Waals surface area contributed by atoms with Gasteiger partial charge in [-0.2, -0.15) is 0 Å². The monoisotopic (exact) mass is 185 g/mol. The Bertz CT molecular complexity index is 164. The van der Waals surface area contributed by atoms with Crippen LogP contribution >= 0.6 is 0 Å². The molecule has 1 atom stereocenters. The van der Waals surface area contributed by atoms with E-state index >= 15 is 0 Å². The van der Waals surface area contributed by atoms with Gasteiger partial charge in [-0.15, -0.1) is 0 Å². The highest BCUT2D eigenvalue weighted by atomic mass is 16.5. The number of methoxy groups -OCH3 is 1. The second-order valence-corrected chi connectivity index (χ2v) is 3.81. The summed E-state index contributed by atoms with van der Waals surface area (Å²) in [5.41, 5.74) is 0. The fraction of sp³-hybridized carbons (Fsp3) is 0.900. The number of hydrogen-bond acceptors (Lipinski definition) is 3. The second kappa shape index (κ2) is 5.22. The van der Waals surface area contributed by atoms with Gasteiger partial charge in [0.05, 0.1) is 13.0 Å². The Kier molecular flexibility index (Phi) is 4.22. The maximum atomic E-state index is 11.1. The van der Waals surface area contributed by atoms with Crippen molar-refractivity contribution in [3.63, 3.8) is 0 Å². The van der Waals surface area contributed by atoms with Crippen LogP contribution in [0, 0.1) is 5.92 Å². The molecule has 3 heteroatoms. The second-order valence-electron chi connectivity index (χ2n) is 3.81. The number of esters is 1. The van der Waals surface area contributed by atoms with Crippen molar-refractivity contribution in [3.05, 3.63) is 0 Å². The van der Waals surface area contributed by atoms with Crippen molar-refractivity contribution in [2.24, 2.45) is 5.92 Å². The van der Waals surface area contributed by atoms with Crippen molar-refractivity contribution >= 4 is 5.97 Å². The standard InChI is InChI=1S/C10H19NO2/c1-8(10(12)13-2)7-11-9-5-3-4-6-9/h8-9,11H,3-7H2,1-2H3/t8-/m1/s1. The van der Waals surface area contributed by atoms with Crippen molar-refractivity contribution in [2.45, 2.75) is 38.6 Å². The molecule has 0 bridgehead atoms. The van der Waals surface area contributed by atoms with Gasteiger partial charge in [0.15, 0.2) is 0 Å². The molecule has 1 saturated carbocycles. The van der Waals surface area contributed by atoms with Gasteiger partial charge in [0, 0.05) is 12.6 Å². The van der Waals surface area contributed by atoms with Crippen LogP contribution < -0.4 is 5.32 Å². The van der Waals surface area contributed by atoms with E-state index in [0.717, 1.165) is 6.54 Å². The number of carbonyl (C=O) groups is 1. The van der Waals surface area contributed by atoms with Gasteiger partial charge in [-0.05, 0) is 12.8 Å². The van der Waals surface area contributed by atoms with Gasteiger partial charge < -0.3 is 10.1 Å². The van der Waals surface area contributed by atoms with Crippen molar-refractivity contribution in [3.8, 4) is 0 Å². The van der Waals surface area contributed by atoms with E-state index in [9.17, 15) is 4.79 Å². The van der Waals surface area contributed by atoms with E-state index in [4.69, 9.17) is 0 Å². The largest absolute Gasteiger partial charge is 0.469 e. The minimum atomic E-state index is -0.120. The van der Waals surface area contributed by atoms with Crippen LogP contribution in [-0.4, -0.2) is 25.7 Å². The van der Waals surface area contributed by atoms with Crippen LogP contribution in [0.5, 0.6) is 0 Å². The smallest absolute Gasteiger partial charge is 0.309 e. The third-order valence-corrected chi connectivity index (χ3v) is 2.67. The van der Waals surface area contributed by atoms with E-state index in [1.807, 2.05) is 6.92 Å². The van der Waals surface area contributed by atoms with Crippen LogP contribution in [0.4, 0.5) is 0 Å². The van der Waals surface area contributed by atoms with Crippen LogP contribution in [0.25, 0.3) is 0 Å². The summed E-state index contributed by atoms with van der Waals surface area (Å²) in [7, 11) is 1.44. The Labute approximate surface area is 79.8 Å². The van der Waals surface area contributed by atoms with E-state index in [1.165, 1.54) is 32.8 Å². The topological polar surface area (TPSA) is 38.3 Å². The molecule has 1 rings (SSSR count).